The number of hydrogen-bond donors (Lipinski definition) is 4. The summed E-state index contributed by atoms with van der Waals surface area (Å²) in [7, 11) is 0. The van der Waals surface area contributed by atoms with E-state index in [1.807, 2.05) is 0 Å². The second-order valence-corrected chi connectivity index (χ2v) is 6.50. The van der Waals surface area contributed by atoms with Crippen LogP contribution in [-0.4, -0.2) is 41.5 Å². The third kappa shape index (κ3) is 6.57. The molecular weight excluding hydrogens is 256 g/mol. The molecule has 0 radical (unpaired) electrons. The van der Waals surface area contributed by atoms with Crippen molar-refractivity contribution in [3.63, 3.8) is 0 Å². The highest BCUT2D eigenvalue weighted by molar-refractivity contribution is 5.73. The van der Waals surface area contributed by atoms with Gasteiger partial charge in [-0.05, 0) is 37.5 Å². The molecule has 1 aliphatic rings. The number of carbonyl (C=O) groups is 1. The summed E-state index contributed by atoms with van der Waals surface area (Å²) in [6, 6.07) is -0.225. The molecule has 0 aromatic heterocycles. The fourth-order valence-corrected chi connectivity index (χ4v) is 2.91. The minimum absolute atomic E-state index is 0.153. The molecule has 0 aliphatic heterocycles. The van der Waals surface area contributed by atoms with Gasteiger partial charge in [-0.1, -0.05) is 26.7 Å². The van der Waals surface area contributed by atoms with E-state index < -0.39 is 5.60 Å². The molecule has 0 spiro atoms. The smallest absolute Gasteiger partial charge is 0.314 e. The first-order chi connectivity index (χ1) is 9.45. The van der Waals surface area contributed by atoms with Gasteiger partial charge in [-0.25, -0.2) is 4.79 Å². The van der Waals surface area contributed by atoms with Crippen molar-refractivity contribution < 1.29 is 15.0 Å². The van der Waals surface area contributed by atoms with Crippen molar-refractivity contribution >= 4 is 6.03 Å². The average molecular weight is 286 g/mol. The summed E-state index contributed by atoms with van der Waals surface area (Å²) in [6.45, 7) is 5.33. The van der Waals surface area contributed by atoms with Crippen LogP contribution in [0.2, 0.25) is 0 Å². The molecule has 1 saturated carbocycles. The van der Waals surface area contributed by atoms with Gasteiger partial charge in [0.2, 0.25) is 0 Å². The van der Waals surface area contributed by atoms with Gasteiger partial charge in [0.15, 0.2) is 0 Å². The molecule has 20 heavy (non-hydrogen) atoms. The van der Waals surface area contributed by atoms with Crippen LogP contribution in [0.15, 0.2) is 0 Å². The van der Waals surface area contributed by atoms with Gasteiger partial charge < -0.3 is 20.8 Å². The third-order valence-electron chi connectivity index (χ3n) is 4.01. The van der Waals surface area contributed by atoms with Gasteiger partial charge in [-0.2, -0.15) is 0 Å². The van der Waals surface area contributed by atoms with E-state index >= 15 is 0 Å². The first-order valence-corrected chi connectivity index (χ1v) is 7.80. The molecule has 1 rings (SSSR count). The molecule has 5 nitrogen and oxygen atoms in total. The first-order valence-electron chi connectivity index (χ1n) is 7.80. The summed E-state index contributed by atoms with van der Waals surface area (Å²) in [5.41, 5.74) is -0.709. The van der Waals surface area contributed by atoms with Crippen LogP contribution >= 0.6 is 0 Å². The highest BCUT2D eigenvalue weighted by atomic mass is 16.3. The highest BCUT2D eigenvalue weighted by Crippen LogP contribution is 2.28. The fourth-order valence-electron chi connectivity index (χ4n) is 2.91. The Morgan fingerprint density at radius 2 is 1.90 bits per heavy atom. The number of nitrogens with one attached hydrogen (secondary N) is 2. The van der Waals surface area contributed by atoms with Crippen LogP contribution in [0, 0.1) is 11.8 Å². The minimum Gasteiger partial charge on any atom is -0.396 e. The molecule has 1 atom stereocenters. The Kier molecular flexibility index (Phi) is 7.30. The van der Waals surface area contributed by atoms with Crippen LogP contribution in [0.1, 0.15) is 52.4 Å². The molecule has 1 fully saturated rings. The lowest BCUT2D eigenvalue weighted by atomic mass is 9.94. The van der Waals surface area contributed by atoms with Crippen molar-refractivity contribution in [3.05, 3.63) is 0 Å². The second-order valence-electron chi connectivity index (χ2n) is 6.50. The van der Waals surface area contributed by atoms with E-state index in [1.165, 1.54) is 0 Å². The van der Waals surface area contributed by atoms with E-state index in [0.29, 0.717) is 31.3 Å². The van der Waals surface area contributed by atoms with Crippen LogP contribution in [0.25, 0.3) is 0 Å². The van der Waals surface area contributed by atoms with Gasteiger partial charge in [-0.3, -0.25) is 0 Å². The Hall–Kier alpha value is -0.810. The zero-order chi connectivity index (χ0) is 15.0. The van der Waals surface area contributed by atoms with E-state index in [2.05, 4.69) is 24.5 Å². The Morgan fingerprint density at radius 3 is 2.45 bits per heavy atom. The van der Waals surface area contributed by atoms with E-state index in [9.17, 15) is 9.90 Å². The molecule has 1 aliphatic carbocycles. The van der Waals surface area contributed by atoms with Crippen molar-refractivity contribution in [1.82, 2.24) is 10.6 Å². The largest absolute Gasteiger partial charge is 0.396 e. The molecule has 0 heterocycles. The zero-order valence-corrected chi connectivity index (χ0v) is 12.8. The Labute approximate surface area is 122 Å². The van der Waals surface area contributed by atoms with Crippen LogP contribution in [0.4, 0.5) is 4.79 Å². The number of aliphatic hydroxyl groups excluding tert-OH is 1. The molecule has 5 heteroatoms. The summed E-state index contributed by atoms with van der Waals surface area (Å²) in [5, 5.41) is 24.8. The van der Waals surface area contributed by atoms with Crippen molar-refractivity contribution in [2.75, 3.05) is 19.7 Å². The highest BCUT2D eigenvalue weighted by Gasteiger charge is 2.31. The maximum absolute atomic E-state index is 11.7. The van der Waals surface area contributed by atoms with E-state index in [1.54, 1.807) is 0 Å². The minimum atomic E-state index is -0.709. The van der Waals surface area contributed by atoms with Gasteiger partial charge in [0.25, 0.3) is 0 Å². The predicted octanol–water partition coefficient (Wildman–Crippen LogP) is 1.64. The van der Waals surface area contributed by atoms with Gasteiger partial charge in [-0.15, -0.1) is 0 Å². The molecule has 4 N–H and O–H groups in total. The van der Waals surface area contributed by atoms with E-state index in [4.69, 9.17) is 5.11 Å². The Balaban J connectivity index is 2.23. The number of hydrogen-bond acceptors (Lipinski definition) is 3. The van der Waals surface area contributed by atoms with Crippen LogP contribution in [0.5, 0.6) is 0 Å². The summed E-state index contributed by atoms with van der Waals surface area (Å²) in [5.74, 6) is 0.857. The number of urea groups is 1. The van der Waals surface area contributed by atoms with Crippen molar-refractivity contribution in [2.24, 2.45) is 11.8 Å². The topological polar surface area (TPSA) is 81.6 Å². The lowest BCUT2D eigenvalue weighted by molar-refractivity contribution is 0.0501. The number of rotatable bonds is 8. The molecule has 0 bridgehead atoms. The monoisotopic (exact) mass is 286 g/mol. The van der Waals surface area contributed by atoms with Gasteiger partial charge in [0.1, 0.15) is 0 Å². The standard InChI is InChI=1S/C15H30N2O3/c1-12(2)9-13(5-8-18)10-16-14(19)17-11-15(20)6-3-4-7-15/h12-13,18,20H,3-11H2,1-2H3,(H2,16,17,19). The van der Waals surface area contributed by atoms with Crippen molar-refractivity contribution in [2.45, 2.75) is 58.0 Å². The van der Waals surface area contributed by atoms with Gasteiger partial charge in [0, 0.05) is 19.7 Å². The van der Waals surface area contributed by atoms with Crippen molar-refractivity contribution in [3.8, 4) is 0 Å². The molecular formula is C15H30N2O3. The van der Waals surface area contributed by atoms with E-state index in [0.717, 1.165) is 32.1 Å². The number of carbonyl (C=O) groups excluding carboxylic acids is 1. The molecule has 118 valence electrons. The van der Waals surface area contributed by atoms with Gasteiger partial charge in [0.05, 0.1) is 5.60 Å². The average Bonchev–Trinajstić information content (AvgIpc) is 2.81. The molecule has 2 amide bonds. The van der Waals surface area contributed by atoms with E-state index in [-0.39, 0.29) is 12.6 Å². The van der Waals surface area contributed by atoms with Gasteiger partial charge >= 0.3 is 6.03 Å². The normalized spacial score (nSPS) is 19.1. The van der Waals surface area contributed by atoms with Crippen molar-refractivity contribution in [1.29, 1.82) is 0 Å². The lowest BCUT2D eigenvalue weighted by Gasteiger charge is -2.23. The summed E-state index contributed by atoms with van der Waals surface area (Å²) < 4.78 is 0. The fraction of sp³-hybridized carbons (Fsp3) is 0.933. The molecule has 1 unspecified atom stereocenters. The summed E-state index contributed by atoms with van der Waals surface area (Å²) in [6.07, 6.45) is 5.31. The number of amides is 2. The molecule has 0 saturated heterocycles. The maximum Gasteiger partial charge on any atom is 0.314 e. The van der Waals surface area contributed by atoms with Crippen LogP contribution < -0.4 is 10.6 Å². The summed E-state index contributed by atoms with van der Waals surface area (Å²) >= 11 is 0. The SMILES string of the molecule is CC(C)CC(CCO)CNC(=O)NCC1(O)CCCC1. The Bertz CT molecular complexity index is 289. The van der Waals surface area contributed by atoms with Crippen LogP contribution in [-0.2, 0) is 0 Å². The molecule has 0 aromatic rings. The third-order valence-corrected chi connectivity index (χ3v) is 4.01. The maximum atomic E-state index is 11.7. The summed E-state index contributed by atoms with van der Waals surface area (Å²) in [4.78, 5) is 11.7. The first kappa shape index (κ1) is 17.2. The zero-order valence-electron chi connectivity index (χ0n) is 12.8. The van der Waals surface area contributed by atoms with Crippen LogP contribution in [0.3, 0.4) is 0 Å². The quantitative estimate of drug-likeness (QED) is 0.547. The second kappa shape index (κ2) is 8.47. The Morgan fingerprint density at radius 1 is 1.25 bits per heavy atom. The predicted molar refractivity (Wildman–Crippen MR) is 79.5 cm³/mol. The lowest BCUT2D eigenvalue weighted by Crippen LogP contribution is -2.46. The number of aliphatic hydroxyl groups is 2. The molecule has 0 aromatic carbocycles.